The lowest BCUT2D eigenvalue weighted by Crippen LogP contribution is -2.54. The first-order valence-corrected chi connectivity index (χ1v) is 15.9. The summed E-state index contributed by atoms with van der Waals surface area (Å²) >= 11 is 0. The predicted molar refractivity (Wildman–Crippen MR) is 172 cm³/mol. The summed E-state index contributed by atoms with van der Waals surface area (Å²) in [5.74, 6) is -0.775. The summed E-state index contributed by atoms with van der Waals surface area (Å²) in [6.45, 7) is 12.0. The molecule has 2 atom stereocenters. The molecule has 0 fully saturated rings. The number of aryl methyl sites for hydroxylation is 1. The molecule has 2 rings (SSSR count). The van der Waals surface area contributed by atoms with Crippen molar-refractivity contribution in [3.8, 4) is 5.75 Å². The number of para-hydroxylation sites is 1. The second kappa shape index (κ2) is 18.2. The van der Waals surface area contributed by atoms with Gasteiger partial charge in [0, 0.05) is 25.1 Å². The van der Waals surface area contributed by atoms with Crippen molar-refractivity contribution in [2.75, 3.05) is 13.1 Å². The van der Waals surface area contributed by atoms with Gasteiger partial charge in [-0.05, 0) is 51.7 Å². The van der Waals surface area contributed by atoms with E-state index in [0.717, 1.165) is 50.5 Å². The van der Waals surface area contributed by atoms with Crippen LogP contribution >= 0.6 is 0 Å². The molecular weight excluding hydrogens is 542 g/mol. The van der Waals surface area contributed by atoms with E-state index in [9.17, 15) is 19.5 Å². The minimum Gasteiger partial charge on any atom is -0.507 e. The molecule has 8 nitrogen and oxygen atoms in total. The van der Waals surface area contributed by atoms with E-state index in [1.54, 1.807) is 50.8 Å². The third-order valence-electron chi connectivity index (χ3n) is 7.26. The van der Waals surface area contributed by atoms with Crippen LogP contribution in [0.1, 0.15) is 109 Å². The van der Waals surface area contributed by atoms with Crippen molar-refractivity contribution in [1.29, 1.82) is 0 Å². The zero-order chi connectivity index (χ0) is 31.8. The summed E-state index contributed by atoms with van der Waals surface area (Å²) < 4.78 is 5.52. The van der Waals surface area contributed by atoms with E-state index in [1.807, 2.05) is 37.3 Å². The summed E-state index contributed by atoms with van der Waals surface area (Å²) in [5.41, 5.74) is 1.09. The second-order valence-corrected chi connectivity index (χ2v) is 12.2. The van der Waals surface area contributed by atoms with E-state index in [4.69, 9.17) is 4.74 Å². The molecule has 2 aromatic carbocycles. The van der Waals surface area contributed by atoms with Gasteiger partial charge in [0.2, 0.25) is 11.8 Å². The number of unbranched alkanes of at least 4 members (excludes halogenated alkanes) is 6. The average molecular weight is 596 g/mol. The maximum atomic E-state index is 14.6. The van der Waals surface area contributed by atoms with E-state index in [2.05, 4.69) is 17.6 Å². The molecular formula is C35H53N3O5. The van der Waals surface area contributed by atoms with Crippen molar-refractivity contribution in [1.82, 2.24) is 15.5 Å². The second-order valence-electron chi connectivity index (χ2n) is 12.2. The number of benzene rings is 2. The number of carbonyl (C=O) groups is 3. The van der Waals surface area contributed by atoms with E-state index < -0.39 is 29.7 Å². The third kappa shape index (κ3) is 12.3. The fourth-order valence-corrected chi connectivity index (χ4v) is 4.97. The highest BCUT2D eigenvalue weighted by atomic mass is 16.6. The van der Waals surface area contributed by atoms with Gasteiger partial charge in [0.15, 0.2) is 0 Å². The lowest BCUT2D eigenvalue weighted by Gasteiger charge is -2.35. The molecule has 2 unspecified atom stereocenters. The molecule has 0 saturated heterocycles. The predicted octanol–water partition coefficient (Wildman–Crippen LogP) is 6.98. The number of carbonyl (C=O) groups excluding carboxylic acids is 3. The van der Waals surface area contributed by atoms with Gasteiger partial charge >= 0.3 is 6.09 Å². The van der Waals surface area contributed by atoms with Gasteiger partial charge in [-0.1, -0.05) is 101 Å². The Labute approximate surface area is 258 Å². The van der Waals surface area contributed by atoms with Crippen molar-refractivity contribution < 1.29 is 24.2 Å². The van der Waals surface area contributed by atoms with Gasteiger partial charge in [0.05, 0.1) is 0 Å². The highest BCUT2D eigenvalue weighted by Gasteiger charge is 2.37. The minimum atomic E-state index is -1.07. The number of hydrogen-bond acceptors (Lipinski definition) is 5. The fourth-order valence-electron chi connectivity index (χ4n) is 4.97. The number of phenolic OH excluding ortho intramolecular Hbond substituents is 1. The maximum absolute atomic E-state index is 14.6. The van der Waals surface area contributed by atoms with E-state index in [1.165, 1.54) is 0 Å². The summed E-state index contributed by atoms with van der Waals surface area (Å²) in [6.07, 6.45) is 7.22. The molecule has 0 saturated carbocycles. The van der Waals surface area contributed by atoms with Crippen LogP contribution in [-0.4, -0.2) is 52.6 Å². The Kier molecular flexibility index (Phi) is 15.1. The number of aromatic hydroxyl groups is 1. The molecule has 0 aromatic heterocycles. The lowest BCUT2D eigenvalue weighted by molar-refractivity contribution is -0.142. The van der Waals surface area contributed by atoms with Gasteiger partial charge in [0.25, 0.3) is 0 Å². The summed E-state index contributed by atoms with van der Waals surface area (Å²) in [4.78, 5) is 42.9. The highest BCUT2D eigenvalue weighted by Crippen LogP contribution is 2.33. The van der Waals surface area contributed by atoms with Gasteiger partial charge in [-0.2, -0.15) is 0 Å². The van der Waals surface area contributed by atoms with E-state index in [-0.39, 0.29) is 18.1 Å². The quantitative estimate of drug-likeness (QED) is 0.171. The van der Waals surface area contributed by atoms with Crippen LogP contribution in [0.25, 0.3) is 0 Å². The first-order valence-electron chi connectivity index (χ1n) is 15.9. The number of hydrogen-bond donors (Lipinski definition) is 3. The summed E-state index contributed by atoms with van der Waals surface area (Å²) in [5, 5.41) is 16.9. The molecule has 2 aromatic rings. The molecule has 238 valence electrons. The van der Waals surface area contributed by atoms with Crippen LogP contribution < -0.4 is 10.6 Å². The number of amides is 3. The van der Waals surface area contributed by atoms with Gasteiger partial charge in [-0.3, -0.25) is 9.59 Å². The minimum absolute atomic E-state index is 0.0152. The number of rotatable bonds is 17. The average Bonchev–Trinajstić information content (AvgIpc) is 2.95. The zero-order valence-corrected chi connectivity index (χ0v) is 27.1. The Bertz CT molecular complexity index is 1150. The standard InChI is InChI=1S/C35H53N3O5/c1-7-9-11-12-13-17-24-38(30(32(40)36-23-10-8-2)28-22-18-19-26(3)31(28)39)33(41)29(25-27-20-15-14-16-21-27)37-34(42)43-35(4,5)6/h14-16,18-22,29-30,39H,7-13,17,23-25H2,1-6H3,(H,36,40)(H,37,42). The molecule has 0 heterocycles. The fraction of sp³-hybridized carbons (Fsp3) is 0.571. The van der Waals surface area contributed by atoms with Crippen LogP contribution in [-0.2, 0) is 20.7 Å². The third-order valence-corrected chi connectivity index (χ3v) is 7.26. The molecule has 0 bridgehead atoms. The van der Waals surface area contributed by atoms with Crippen molar-refractivity contribution in [3.05, 3.63) is 65.2 Å². The number of alkyl carbamates (subject to hydrolysis) is 1. The Hall–Kier alpha value is -3.55. The smallest absolute Gasteiger partial charge is 0.408 e. The van der Waals surface area contributed by atoms with Gasteiger partial charge in [-0.15, -0.1) is 0 Å². The largest absolute Gasteiger partial charge is 0.507 e. The van der Waals surface area contributed by atoms with Crippen LogP contribution in [0.15, 0.2) is 48.5 Å². The van der Waals surface area contributed by atoms with E-state index >= 15 is 0 Å². The van der Waals surface area contributed by atoms with Crippen LogP contribution in [0.3, 0.4) is 0 Å². The Morgan fingerprint density at radius 1 is 0.884 bits per heavy atom. The Morgan fingerprint density at radius 2 is 1.53 bits per heavy atom. The first kappa shape index (κ1) is 35.6. The van der Waals surface area contributed by atoms with Crippen molar-refractivity contribution >= 4 is 17.9 Å². The number of ether oxygens (including phenoxy) is 1. The summed E-state index contributed by atoms with van der Waals surface area (Å²) in [7, 11) is 0. The molecule has 43 heavy (non-hydrogen) atoms. The normalized spacial score (nSPS) is 12.7. The van der Waals surface area contributed by atoms with Gasteiger partial charge in [-0.25, -0.2) is 4.79 Å². The number of phenols is 1. The Balaban J connectivity index is 2.55. The number of nitrogens with one attached hydrogen (secondary N) is 2. The zero-order valence-electron chi connectivity index (χ0n) is 27.1. The molecule has 3 amide bonds. The molecule has 0 spiro atoms. The van der Waals surface area contributed by atoms with Crippen LogP contribution in [0, 0.1) is 6.92 Å². The molecule has 0 radical (unpaired) electrons. The molecule has 8 heteroatoms. The summed E-state index contributed by atoms with van der Waals surface area (Å²) in [6, 6.07) is 12.6. The van der Waals surface area contributed by atoms with E-state index in [0.29, 0.717) is 30.6 Å². The topological polar surface area (TPSA) is 108 Å². The molecule has 0 aliphatic carbocycles. The first-order chi connectivity index (χ1) is 20.5. The van der Waals surface area contributed by atoms with Gasteiger partial charge < -0.3 is 25.4 Å². The number of nitrogens with zero attached hydrogens (tertiary/aromatic N) is 1. The van der Waals surface area contributed by atoms with Crippen LogP contribution in [0.5, 0.6) is 5.75 Å². The van der Waals surface area contributed by atoms with Crippen molar-refractivity contribution in [2.24, 2.45) is 0 Å². The van der Waals surface area contributed by atoms with Crippen molar-refractivity contribution in [2.45, 2.75) is 117 Å². The SMILES string of the molecule is CCCCCCCCN(C(=O)C(Cc1ccccc1)NC(=O)OC(C)(C)C)C(C(=O)NCCCC)c1cccc(C)c1O. The highest BCUT2D eigenvalue weighted by molar-refractivity contribution is 5.92. The molecule has 3 N–H and O–H groups in total. The van der Waals surface area contributed by atoms with Crippen molar-refractivity contribution in [3.63, 3.8) is 0 Å². The lowest BCUT2D eigenvalue weighted by atomic mass is 9.97. The molecule has 0 aliphatic rings. The van der Waals surface area contributed by atoms with Gasteiger partial charge in [0.1, 0.15) is 23.4 Å². The maximum Gasteiger partial charge on any atom is 0.408 e. The monoisotopic (exact) mass is 595 g/mol. The van der Waals surface area contributed by atoms with Crippen LogP contribution in [0.4, 0.5) is 4.79 Å². The molecule has 0 aliphatic heterocycles. The van der Waals surface area contributed by atoms with Crippen LogP contribution in [0.2, 0.25) is 0 Å². The Morgan fingerprint density at radius 3 is 2.19 bits per heavy atom.